The molecule has 2 aromatic heterocycles. The van der Waals surface area contributed by atoms with Gasteiger partial charge in [0.15, 0.2) is 11.6 Å². The van der Waals surface area contributed by atoms with Crippen molar-refractivity contribution in [2.45, 2.75) is 13.2 Å². The van der Waals surface area contributed by atoms with E-state index in [4.69, 9.17) is 0 Å². The van der Waals surface area contributed by atoms with Gasteiger partial charge in [-0.1, -0.05) is 0 Å². The molecule has 13 heteroatoms. The maximum absolute atomic E-state index is 15.3. The summed E-state index contributed by atoms with van der Waals surface area (Å²) in [7, 11) is 0. The van der Waals surface area contributed by atoms with Crippen LogP contribution in [0.2, 0.25) is 0 Å². The van der Waals surface area contributed by atoms with Crippen molar-refractivity contribution in [2.24, 2.45) is 0 Å². The Morgan fingerprint density at radius 1 is 1.15 bits per heavy atom. The number of aromatic nitrogens is 3. The summed E-state index contributed by atoms with van der Waals surface area (Å²) in [6, 6.07) is 2.43. The van der Waals surface area contributed by atoms with Crippen LogP contribution in [0.15, 0.2) is 35.5 Å². The first-order valence-electron chi connectivity index (χ1n) is 10.2. The average Bonchev–Trinajstić information content (AvgIpc) is 2.81. The fourth-order valence-corrected chi connectivity index (χ4v) is 3.99. The quantitative estimate of drug-likeness (QED) is 0.514. The van der Waals surface area contributed by atoms with Crippen LogP contribution in [0.4, 0.5) is 29.2 Å². The fraction of sp³-hybridized carbons (Fsp3) is 0.333. The van der Waals surface area contributed by atoms with E-state index >= 15 is 4.39 Å². The Balaban J connectivity index is 1.84. The van der Waals surface area contributed by atoms with Crippen molar-refractivity contribution >= 4 is 28.5 Å². The first-order chi connectivity index (χ1) is 16.3. The SMILES string of the molecule is O=C(O)c1cn(CCF)c2c(OC(F)F)c(N3CCN(c4ncccn4)CC3)c(F)cc2c1=O. The molecule has 180 valence electrons. The second-order valence-corrected chi connectivity index (χ2v) is 7.39. The van der Waals surface area contributed by atoms with Crippen LogP contribution >= 0.6 is 0 Å². The van der Waals surface area contributed by atoms with Crippen LogP contribution in [0.1, 0.15) is 10.4 Å². The van der Waals surface area contributed by atoms with Crippen LogP contribution in [-0.2, 0) is 6.54 Å². The molecular formula is C21H19F4N5O4. The molecule has 0 amide bonds. The van der Waals surface area contributed by atoms with Gasteiger partial charge in [-0.05, 0) is 12.1 Å². The van der Waals surface area contributed by atoms with E-state index in [1.807, 2.05) is 4.90 Å². The molecule has 0 aliphatic carbocycles. The molecule has 1 aromatic carbocycles. The molecule has 9 nitrogen and oxygen atoms in total. The highest BCUT2D eigenvalue weighted by Crippen LogP contribution is 2.40. The van der Waals surface area contributed by atoms with E-state index in [2.05, 4.69) is 14.7 Å². The highest BCUT2D eigenvalue weighted by Gasteiger charge is 2.30. The van der Waals surface area contributed by atoms with Gasteiger partial charge in [0.1, 0.15) is 17.9 Å². The third kappa shape index (κ3) is 4.32. The minimum atomic E-state index is -3.38. The highest BCUT2D eigenvalue weighted by molar-refractivity contribution is 5.97. The van der Waals surface area contributed by atoms with Gasteiger partial charge in [-0.15, -0.1) is 0 Å². The molecule has 1 aliphatic heterocycles. The largest absolute Gasteiger partial charge is 0.477 e. The van der Waals surface area contributed by atoms with E-state index in [1.165, 1.54) is 4.90 Å². The Hall–Kier alpha value is -3.90. The molecule has 0 bridgehead atoms. The lowest BCUT2D eigenvalue weighted by molar-refractivity contribution is -0.0488. The van der Waals surface area contributed by atoms with Crippen molar-refractivity contribution in [3.05, 3.63) is 52.3 Å². The van der Waals surface area contributed by atoms with Gasteiger partial charge in [-0.2, -0.15) is 8.78 Å². The molecule has 4 rings (SSSR count). The molecule has 0 atom stereocenters. The number of aromatic carboxylic acids is 1. The number of ether oxygens (including phenoxy) is 1. The molecule has 0 saturated carbocycles. The Morgan fingerprint density at radius 3 is 2.38 bits per heavy atom. The fourth-order valence-electron chi connectivity index (χ4n) is 3.99. The van der Waals surface area contributed by atoms with Crippen molar-refractivity contribution in [1.29, 1.82) is 0 Å². The number of carboxylic acid groups (broad SMARTS) is 1. The zero-order valence-corrected chi connectivity index (χ0v) is 17.6. The molecule has 1 saturated heterocycles. The number of alkyl halides is 3. The number of pyridine rings is 1. The summed E-state index contributed by atoms with van der Waals surface area (Å²) in [5, 5.41) is 8.81. The van der Waals surface area contributed by atoms with E-state index in [1.54, 1.807) is 18.5 Å². The highest BCUT2D eigenvalue weighted by atomic mass is 19.3. The number of nitrogens with zero attached hydrogens (tertiary/aromatic N) is 5. The van der Waals surface area contributed by atoms with Gasteiger partial charge in [0.2, 0.25) is 11.4 Å². The summed E-state index contributed by atoms with van der Waals surface area (Å²) in [5.74, 6) is -2.85. The summed E-state index contributed by atoms with van der Waals surface area (Å²) in [5.41, 5.74) is -2.46. The second-order valence-electron chi connectivity index (χ2n) is 7.39. The van der Waals surface area contributed by atoms with E-state index in [9.17, 15) is 27.9 Å². The molecule has 3 heterocycles. The van der Waals surface area contributed by atoms with E-state index in [0.29, 0.717) is 19.0 Å². The zero-order chi connectivity index (χ0) is 24.4. The number of hydrogen-bond acceptors (Lipinski definition) is 7. The first-order valence-corrected chi connectivity index (χ1v) is 10.2. The van der Waals surface area contributed by atoms with Crippen LogP contribution in [-0.4, -0.2) is 65.1 Å². The molecular weight excluding hydrogens is 462 g/mol. The van der Waals surface area contributed by atoms with E-state index in [0.717, 1.165) is 16.8 Å². The molecule has 0 unspecified atom stereocenters. The van der Waals surface area contributed by atoms with Gasteiger partial charge in [0.05, 0.1) is 17.4 Å². The maximum atomic E-state index is 15.3. The summed E-state index contributed by atoms with van der Waals surface area (Å²) in [4.78, 5) is 35.8. The number of hydrogen-bond donors (Lipinski definition) is 1. The lowest BCUT2D eigenvalue weighted by atomic mass is 10.1. The van der Waals surface area contributed by atoms with Gasteiger partial charge >= 0.3 is 12.6 Å². The molecule has 0 radical (unpaired) electrons. The lowest BCUT2D eigenvalue weighted by Crippen LogP contribution is -2.47. The van der Waals surface area contributed by atoms with Gasteiger partial charge in [0.25, 0.3) is 0 Å². The van der Waals surface area contributed by atoms with Crippen LogP contribution < -0.4 is 20.0 Å². The number of rotatable bonds is 7. The predicted octanol–water partition coefficient (Wildman–Crippen LogP) is 2.53. The second kappa shape index (κ2) is 9.53. The molecule has 1 aliphatic rings. The Bertz CT molecular complexity index is 1260. The Kier molecular flexibility index (Phi) is 6.52. The van der Waals surface area contributed by atoms with Crippen molar-refractivity contribution in [2.75, 3.05) is 42.7 Å². The van der Waals surface area contributed by atoms with Crippen molar-refractivity contribution in [1.82, 2.24) is 14.5 Å². The van der Waals surface area contributed by atoms with Crippen molar-refractivity contribution < 1.29 is 32.2 Å². The summed E-state index contributed by atoms with van der Waals surface area (Å²) < 4.78 is 61.0. The molecule has 1 fully saturated rings. The number of carboxylic acids is 1. The number of piperazine rings is 1. The number of benzene rings is 1. The smallest absolute Gasteiger partial charge is 0.387 e. The van der Waals surface area contributed by atoms with Gasteiger partial charge in [0, 0.05) is 44.8 Å². The predicted molar refractivity (Wildman–Crippen MR) is 114 cm³/mol. The number of aryl methyl sites for hydroxylation is 1. The minimum Gasteiger partial charge on any atom is -0.477 e. The molecule has 1 N–H and O–H groups in total. The Morgan fingerprint density at radius 2 is 1.79 bits per heavy atom. The monoisotopic (exact) mass is 481 g/mol. The summed E-state index contributed by atoms with van der Waals surface area (Å²) in [6.45, 7) is -3.79. The topological polar surface area (TPSA) is 101 Å². The molecule has 34 heavy (non-hydrogen) atoms. The minimum absolute atomic E-state index is 0.181. The summed E-state index contributed by atoms with van der Waals surface area (Å²) in [6.07, 6.45) is 3.99. The van der Waals surface area contributed by atoms with Gasteiger partial charge < -0.3 is 24.2 Å². The first kappa shape index (κ1) is 23.3. The summed E-state index contributed by atoms with van der Waals surface area (Å²) >= 11 is 0. The zero-order valence-electron chi connectivity index (χ0n) is 17.6. The third-order valence-electron chi connectivity index (χ3n) is 5.44. The lowest BCUT2D eigenvalue weighted by Gasteiger charge is -2.37. The molecule has 3 aromatic rings. The van der Waals surface area contributed by atoms with E-state index < -0.39 is 53.7 Å². The van der Waals surface area contributed by atoms with Crippen LogP contribution in [0, 0.1) is 5.82 Å². The van der Waals surface area contributed by atoms with Gasteiger partial charge in [-0.25, -0.2) is 23.5 Å². The number of carbonyl (C=O) groups is 1. The van der Waals surface area contributed by atoms with Crippen LogP contribution in [0.25, 0.3) is 10.9 Å². The number of fused-ring (bicyclic) bond motifs is 1. The number of anilines is 2. The molecule has 0 spiro atoms. The standard InChI is InChI=1S/C21H19F4N5O4/c22-2-5-30-11-13(19(32)33)17(31)12-10-14(23)16(18(15(12)30)34-20(24)25)28-6-8-29(9-7-28)21-26-3-1-4-27-21/h1,3-4,10-11,20H,2,5-9H2,(H,32,33). The van der Waals surface area contributed by atoms with Gasteiger partial charge in [-0.3, -0.25) is 4.79 Å². The Labute approximate surface area is 189 Å². The normalized spacial score (nSPS) is 14.1. The third-order valence-corrected chi connectivity index (χ3v) is 5.44. The maximum Gasteiger partial charge on any atom is 0.387 e. The number of halogens is 4. The van der Waals surface area contributed by atoms with Crippen molar-refractivity contribution in [3.63, 3.8) is 0 Å². The average molecular weight is 481 g/mol. The van der Waals surface area contributed by atoms with Crippen LogP contribution in [0.5, 0.6) is 5.75 Å². The van der Waals surface area contributed by atoms with Crippen LogP contribution in [0.3, 0.4) is 0 Å². The van der Waals surface area contributed by atoms with E-state index in [-0.39, 0.29) is 24.3 Å². The van der Waals surface area contributed by atoms with Crippen molar-refractivity contribution in [3.8, 4) is 5.75 Å².